The maximum Gasteiger partial charge on any atom is 0.126 e. The number of phenols is 1. The quantitative estimate of drug-likeness (QED) is 0.581. The van der Waals surface area contributed by atoms with Gasteiger partial charge in [-0.3, -0.25) is 4.90 Å². The van der Waals surface area contributed by atoms with Crippen LogP contribution in [0, 0.1) is 0 Å². The molecule has 0 bridgehead atoms. The number of nitrogens with one attached hydrogen (secondary N) is 1. The van der Waals surface area contributed by atoms with Crippen LogP contribution in [0.1, 0.15) is 56.9 Å². The predicted octanol–water partition coefficient (Wildman–Crippen LogP) is 5.35. The highest BCUT2D eigenvalue weighted by molar-refractivity contribution is 5.73. The van der Waals surface area contributed by atoms with Gasteiger partial charge in [0.1, 0.15) is 17.2 Å². The first-order valence-electron chi connectivity index (χ1n) is 12.2. The fraction of sp³-hybridized carbons (Fsp3) is 0.556. The average Bonchev–Trinajstić information content (AvgIpc) is 2.86. The van der Waals surface area contributed by atoms with E-state index in [9.17, 15) is 5.11 Å². The first kappa shape index (κ1) is 22.9. The molecule has 4 rings (SSSR count). The zero-order valence-electron chi connectivity index (χ0n) is 19.7. The van der Waals surface area contributed by atoms with Crippen LogP contribution >= 0.6 is 0 Å². The number of piperidine rings is 1. The highest BCUT2D eigenvalue weighted by atomic mass is 16.5. The lowest BCUT2D eigenvalue weighted by Crippen LogP contribution is -2.57. The van der Waals surface area contributed by atoms with Crippen molar-refractivity contribution in [1.82, 2.24) is 10.2 Å². The molecule has 1 aliphatic carbocycles. The van der Waals surface area contributed by atoms with Crippen LogP contribution in [0.4, 0.5) is 0 Å². The third-order valence-corrected chi connectivity index (χ3v) is 7.38. The molecule has 1 saturated carbocycles. The first-order chi connectivity index (χ1) is 15.6. The summed E-state index contributed by atoms with van der Waals surface area (Å²) in [5, 5.41) is 14.3. The van der Waals surface area contributed by atoms with Crippen LogP contribution in [0.2, 0.25) is 0 Å². The highest BCUT2D eigenvalue weighted by Crippen LogP contribution is 2.37. The van der Waals surface area contributed by atoms with Gasteiger partial charge in [0.15, 0.2) is 0 Å². The summed E-state index contributed by atoms with van der Waals surface area (Å²) < 4.78 is 11.0. The summed E-state index contributed by atoms with van der Waals surface area (Å²) in [5.74, 6) is 1.91. The maximum absolute atomic E-state index is 10.6. The summed E-state index contributed by atoms with van der Waals surface area (Å²) in [7, 11) is 3.35. The SMILES string of the molecule is COc1ccc(OC)c(-c2ccc(O)c(CNCC3(N4CCCCC4)CCCCC3)c2)c1. The van der Waals surface area contributed by atoms with Crippen molar-refractivity contribution in [3.05, 3.63) is 42.0 Å². The normalized spacial score (nSPS) is 18.9. The van der Waals surface area contributed by atoms with Gasteiger partial charge in [0.25, 0.3) is 0 Å². The van der Waals surface area contributed by atoms with Gasteiger partial charge in [-0.25, -0.2) is 0 Å². The van der Waals surface area contributed by atoms with E-state index in [0.717, 1.165) is 34.7 Å². The average molecular weight is 439 g/mol. The van der Waals surface area contributed by atoms with E-state index in [4.69, 9.17) is 9.47 Å². The second-order valence-electron chi connectivity index (χ2n) is 9.35. The number of phenolic OH excluding ortho intramolecular Hbond substituents is 1. The molecule has 2 aliphatic rings. The number of aromatic hydroxyl groups is 1. The Bertz CT molecular complexity index is 886. The molecule has 0 spiro atoms. The Hall–Kier alpha value is -2.24. The number of ether oxygens (including phenoxy) is 2. The first-order valence-corrected chi connectivity index (χ1v) is 12.2. The molecule has 0 radical (unpaired) electrons. The van der Waals surface area contributed by atoms with E-state index in [-0.39, 0.29) is 5.54 Å². The summed E-state index contributed by atoms with van der Waals surface area (Å²) in [6.45, 7) is 4.11. The van der Waals surface area contributed by atoms with Crippen molar-refractivity contribution in [2.75, 3.05) is 33.9 Å². The molecule has 0 amide bonds. The molecule has 5 nitrogen and oxygen atoms in total. The molecule has 5 heteroatoms. The van der Waals surface area contributed by atoms with E-state index >= 15 is 0 Å². The Labute approximate surface area is 192 Å². The number of nitrogens with zero attached hydrogens (tertiary/aromatic N) is 1. The Kier molecular flexibility index (Phi) is 7.59. The minimum absolute atomic E-state index is 0.280. The molecular formula is C27H38N2O3. The number of likely N-dealkylation sites (tertiary alicyclic amines) is 1. The summed E-state index contributed by atoms with van der Waals surface area (Å²) in [6, 6.07) is 11.6. The van der Waals surface area contributed by atoms with E-state index in [1.807, 2.05) is 24.3 Å². The highest BCUT2D eigenvalue weighted by Gasteiger charge is 2.37. The lowest BCUT2D eigenvalue weighted by molar-refractivity contribution is 0.0332. The van der Waals surface area contributed by atoms with Gasteiger partial charge in [-0.05, 0) is 74.7 Å². The van der Waals surface area contributed by atoms with Crippen LogP contribution in [-0.4, -0.2) is 49.4 Å². The summed E-state index contributed by atoms with van der Waals surface area (Å²) in [5.41, 5.74) is 3.17. The number of methoxy groups -OCH3 is 2. The molecule has 2 N–H and O–H groups in total. The van der Waals surface area contributed by atoms with Crippen LogP contribution in [0.5, 0.6) is 17.2 Å². The topological polar surface area (TPSA) is 54.0 Å². The zero-order valence-corrected chi connectivity index (χ0v) is 19.7. The third-order valence-electron chi connectivity index (χ3n) is 7.38. The molecule has 0 aromatic heterocycles. The van der Waals surface area contributed by atoms with Crippen molar-refractivity contribution in [1.29, 1.82) is 0 Å². The lowest BCUT2D eigenvalue weighted by atomic mass is 9.79. The fourth-order valence-electron chi connectivity index (χ4n) is 5.55. The number of hydrogen-bond donors (Lipinski definition) is 2. The van der Waals surface area contributed by atoms with E-state index in [2.05, 4.69) is 16.3 Å². The van der Waals surface area contributed by atoms with Gasteiger partial charge in [-0.1, -0.05) is 31.7 Å². The maximum atomic E-state index is 10.6. The third kappa shape index (κ3) is 5.05. The minimum Gasteiger partial charge on any atom is -0.508 e. The second kappa shape index (κ2) is 10.6. The largest absolute Gasteiger partial charge is 0.508 e. The van der Waals surface area contributed by atoms with Gasteiger partial charge in [-0.2, -0.15) is 0 Å². The molecule has 2 aromatic rings. The number of hydrogen-bond acceptors (Lipinski definition) is 5. The van der Waals surface area contributed by atoms with Gasteiger partial charge in [0.05, 0.1) is 14.2 Å². The van der Waals surface area contributed by atoms with Crippen molar-refractivity contribution in [2.24, 2.45) is 0 Å². The van der Waals surface area contributed by atoms with Gasteiger partial charge < -0.3 is 19.9 Å². The Balaban J connectivity index is 1.50. The van der Waals surface area contributed by atoms with Crippen LogP contribution in [0.15, 0.2) is 36.4 Å². The van der Waals surface area contributed by atoms with Crippen LogP contribution in [0.3, 0.4) is 0 Å². The Morgan fingerprint density at radius 2 is 1.66 bits per heavy atom. The summed E-state index contributed by atoms with van der Waals surface area (Å²) >= 11 is 0. The molecule has 0 atom stereocenters. The van der Waals surface area contributed by atoms with Crippen molar-refractivity contribution in [3.8, 4) is 28.4 Å². The second-order valence-corrected chi connectivity index (χ2v) is 9.35. The summed E-state index contributed by atoms with van der Waals surface area (Å²) in [4.78, 5) is 2.76. The van der Waals surface area contributed by atoms with E-state index in [0.29, 0.717) is 12.3 Å². The van der Waals surface area contributed by atoms with Crippen molar-refractivity contribution in [2.45, 2.75) is 63.5 Å². The molecule has 2 fully saturated rings. The Morgan fingerprint density at radius 1 is 0.906 bits per heavy atom. The molecule has 0 unspecified atom stereocenters. The van der Waals surface area contributed by atoms with Crippen LogP contribution < -0.4 is 14.8 Å². The van der Waals surface area contributed by atoms with E-state index in [1.165, 1.54) is 64.5 Å². The summed E-state index contributed by atoms with van der Waals surface area (Å²) in [6.07, 6.45) is 10.6. The van der Waals surface area contributed by atoms with Gasteiger partial charge >= 0.3 is 0 Å². The zero-order chi connectivity index (χ0) is 22.4. The number of rotatable bonds is 8. The monoisotopic (exact) mass is 438 g/mol. The molecule has 1 aliphatic heterocycles. The van der Waals surface area contributed by atoms with Crippen LogP contribution in [-0.2, 0) is 6.54 Å². The Morgan fingerprint density at radius 3 is 2.38 bits per heavy atom. The van der Waals surface area contributed by atoms with Gasteiger partial charge in [-0.15, -0.1) is 0 Å². The van der Waals surface area contributed by atoms with Crippen molar-refractivity contribution >= 4 is 0 Å². The van der Waals surface area contributed by atoms with Crippen molar-refractivity contribution in [3.63, 3.8) is 0 Å². The molecule has 174 valence electrons. The van der Waals surface area contributed by atoms with Gasteiger partial charge in [0, 0.05) is 29.8 Å². The molecule has 1 saturated heterocycles. The van der Waals surface area contributed by atoms with E-state index in [1.54, 1.807) is 20.3 Å². The molecule has 1 heterocycles. The van der Waals surface area contributed by atoms with Crippen molar-refractivity contribution < 1.29 is 14.6 Å². The van der Waals surface area contributed by atoms with Crippen LogP contribution in [0.25, 0.3) is 11.1 Å². The van der Waals surface area contributed by atoms with E-state index < -0.39 is 0 Å². The molecule has 2 aromatic carbocycles. The number of benzene rings is 2. The lowest BCUT2D eigenvalue weighted by Gasteiger charge is -2.48. The fourth-order valence-corrected chi connectivity index (χ4v) is 5.55. The minimum atomic E-state index is 0.280. The predicted molar refractivity (Wildman–Crippen MR) is 130 cm³/mol. The molecule has 32 heavy (non-hydrogen) atoms. The molecular weight excluding hydrogens is 400 g/mol. The smallest absolute Gasteiger partial charge is 0.126 e. The van der Waals surface area contributed by atoms with Gasteiger partial charge in [0.2, 0.25) is 0 Å². The standard InChI is InChI=1S/C27H38N2O3/c1-31-23-10-12-26(32-2)24(18-23)21-9-11-25(30)22(17-21)19-28-20-27(13-5-3-6-14-27)29-15-7-4-8-16-29/h9-12,17-18,28,30H,3-8,13-16,19-20H2,1-2H3.